The monoisotopic (exact) mass is 698 g/mol. The summed E-state index contributed by atoms with van der Waals surface area (Å²) in [4.78, 5) is 12.8. The standard InChI is InChI=1S/C32H42O17/c1-13-21(36)27(46-19(35)7-5-14-4-6-16(41-2)17(10-14)42-3)25(40)31(44-13)47-26-15-8-9-43-29(20(15)32(12-34)28(26)49-32)48-30-24(39)23(38)22(37)18(11-33)45-30/h4-10,13,15,18,20-31,33-34,36-40H,11-12H2,1-3H3/b7-5+/t13-,15+,18+,20+,21-,22+,23-,24+,25+,26+,27+,28+,29+,30-,31-,32+/m0/s1. The van der Waals surface area contributed by atoms with Crippen LogP contribution in [0.2, 0.25) is 0 Å². The summed E-state index contributed by atoms with van der Waals surface area (Å²) in [5.41, 5.74) is -0.632. The summed E-state index contributed by atoms with van der Waals surface area (Å²) < 4.78 is 51.0. The second kappa shape index (κ2) is 14.4. The van der Waals surface area contributed by atoms with E-state index in [4.69, 9.17) is 42.6 Å². The largest absolute Gasteiger partial charge is 0.493 e. The molecule has 7 N–H and O–H groups in total. The second-order valence-electron chi connectivity index (χ2n) is 12.6. The number of rotatable bonds is 11. The molecule has 3 saturated heterocycles. The minimum Gasteiger partial charge on any atom is -0.493 e. The normalized spacial score (nSPS) is 44.2. The highest BCUT2D eigenvalue weighted by Gasteiger charge is 2.77. The molecule has 17 nitrogen and oxygen atoms in total. The number of carbonyl (C=O) groups is 1. The number of hydrogen-bond acceptors (Lipinski definition) is 17. The molecule has 1 saturated carbocycles. The van der Waals surface area contributed by atoms with Gasteiger partial charge in [-0.2, -0.15) is 0 Å². The third-order valence-electron chi connectivity index (χ3n) is 9.74. The molecule has 5 aliphatic rings. The Bertz CT molecular complexity index is 1390. The van der Waals surface area contributed by atoms with Crippen LogP contribution < -0.4 is 9.47 Å². The molecule has 1 aliphatic carbocycles. The molecule has 17 heteroatoms. The molecule has 0 aromatic heterocycles. The van der Waals surface area contributed by atoms with E-state index in [-0.39, 0.29) is 0 Å². The molecule has 0 amide bonds. The van der Waals surface area contributed by atoms with Crippen LogP contribution in [0, 0.1) is 11.8 Å². The van der Waals surface area contributed by atoms with Gasteiger partial charge in [0.05, 0.1) is 51.8 Å². The Balaban J connectivity index is 1.14. The molecule has 16 atom stereocenters. The van der Waals surface area contributed by atoms with Crippen LogP contribution in [-0.4, -0.2) is 155 Å². The minimum absolute atomic E-state index is 0.451. The van der Waals surface area contributed by atoms with E-state index in [2.05, 4.69) is 0 Å². The van der Waals surface area contributed by atoms with Crippen LogP contribution in [0.4, 0.5) is 0 Å². The fraction of sp³-hybridized carbons (Fsp3) is 0.656. The van der Waals surface area contributed by atoms with Gasteiger partial charge in [-0.15, -0.1) is 0 Å². The van der Waals surface area contributed by atoms with Crippen LogP contribution in [0.15, 0.2) is 36.6 Å². The molecule has 272 valence electrons. The van der Waals surface area contributed by atoms with Gasteiger partial charge in [-0.05, 0) is 36.8 Å². The Hall–Kier alpha value is -2.91. The summed E-state index contributed by atoms with van der Waals surface area (Å²) in [5, 5.41) is 72.9. The highest BCUT2D eigenvalue weighted by molar-refractivity contribution is 5.87. The minimum atomic E-state index is -1.70. The van der Waals surface area contributed by atoms with Crippen molar-refractivity contribution in [2.24, 2.45) is 11.8 Å². The Morgan fingerprint density at radius 2 is 1.61 bits per heavy atom. The zero-order valence-electron chi connectivity index (χ0n) is 26.8. The van der Waals surface area contributed by atoms with Gasteiger partial charge in [0.2, 0.25) is 6.29 Å². The summed E-state index contributed by atoms with van der Waals surface area (Å²) in [7, 11) is 2.98. The molecule has 4 heterocycles. The van der Waals surface area contributed by atoms with Crippen LogP contribution in [0.25, 0.3) is 6.08 Å². The zero-order chi connectivity index (χ0) is 35.2. The zero-order valence-corrected chi connectivity index (χ0v) is 26.8. The average molecular weight is 699 g/mol. The molecule has 0 bridgehead atoms. The van der Waals surface area contributed by atoms with Crippen molar-refractivity contribution in [1.29, 1.82) is 0 Å². The highest BCUT2D eigenvalue weighted by Crippen LogP contribution is 2.61. The summed E-state index contributed by atoms with van der Waals surface area (Å²) in [6, 6.07) is 5.01. The first-order valence-corrected chi connectivity index (χ1v) is 15.8. The van der Waals surface area contributed by atoms with Gasteiger partial charge in [0.25, 0.3) is 0 Å². The number of esters is 1. The molecule has 0 spiro atoms. The van der Waals surface area contributed by atoms with E-state index in [1.807, 2.05) is 0 Å². The summed E-state index contributed by atoms with van der Waals surface area (Å²) in [6.07, 6.45) is -11.8. The van der Waals surface area contributed by atoms with E-state index in [0.717, 1.165) is 6.08 Å². The van der Waals surface area contributed by atoms with Gasteiger partial charge in [-0.1, -0.05) is 6.07 Å². The van der Waals surface area contributed by atoms with E-state index < -0.39 is 117 Å². The number of aliphatic hydroxyl groups excluding tert-OH is 7. The average Bonchev–Trinajstić information content (AvgIpc) is 3.78. The molecular weight excluding hydrogens is 656 g/mol. The Morgan fingerprint density at radius 3 is 2.31 bits per heavy atom. The number of methoxy groups -OCH3 is 2. The van der Waals surface area contributed by atoms with Crippen molar-refractivity contribution in [3.05, 3.63) is 42.2 Å². The fourth-order valence-electron chi connectivity index (χ4n) is 7.01. The third kappa shape index (κ3) is 6.55. The number of aliphatic hydroxyl groups is 7. The Morgan fingerprint density at radius 1 is 0.878 bits per heavy atom. The summed E-state index contributed by atoms with van der Waals surface area (Å²) >= 11 is 0. The van der Waals surface area contributed by atoms with Crippen molar-refractivity contribution in [1.82, 2.24) is 0 Å². The van der Waals surface area contributed by atoms with E-state index in [9.17, 15) is 40.5 Å². The van der Waals surface area contributed by atoms with Gasteiger partial charge in [0, 0.05) is 12.0 Å². The van der Waals surface area contributed by atoms with Gasteiger partial charge >= 0.3 is 5.97 Å². The van der Waals surface area contributed by atoms with Crippen molar-refractivity contribution in [2.45, 2.75) is 92.4 Å². The Labute approximate surface area is 280 Å². The van der Waals surface area contributed by atoms with E-state index in [0.29, 0.717) is 17.1 Å². The number of ether oxygens (including phenoxy) is 9. The topological polar surface area (TPSA) is 245 Å². The number of hydrogen-bond donors (Lipinski definition) is 7. The lowest BCUT2D eigenvalue weighted by Gasteiger charge is -2.44. The lowest BCUT2D eigenvalue weighted by atomic mass is 9.85. The van der Waals surface area contributed by atoms with Crippen LogP contribution in [0.5, 0.6) is 11.5 Å². The van der Waals surface area contributed by atoms with Crippen molar-refractivity contribution >= 4 is 12.0 Å². The number of benzene rings is 1. The third-order valence-corrected chi connectivity index (χ3v) is 9.74. The molecule has 1 aromatic carbocycles. The molecule has 4 aliphatic heterocycles. The number of epoxide rings is 1. The lowest BCUT2D eigenvalue weighted by Crippen LogP contribution is -2.60. The second-order valence-corrected chi connectivity index (χ2v) is 12.6. The van der Waals surface area contributed by atoms with Crippen molar-refractivity contribution in [3.63, 3.8) is 0 Å². The maximum atomic E-state index is 12.8. The molecule has 1 aromatic rings. The Kier molecular flexibility index (Phi) is 10.5. The molecule has 0 unspecified atom stereocenters. The number of fused-ring (bicyclic) bond motifs is 3. The first-order chi connectivity index (χ1) is 23.5. The van der Waals surface area contributed by atoms with Crippen molar-refractivity contribution in [2.75, 3.05) is 27.4 Å². The SMILES string of the molecule is COc1ccc(/C=C/C(=O)O[C@@H]2[C@@H](O)[C@H](C)O[C@@H](O[C@@H]3[C@@H]4C=CO[C@H](O[C@@H]5O[C@H](CO)[C@@H](O)[C@H](O)[C@H]5O)[C@@H]4[C@@]4(CO)O[C@H]34)[C@@H]2O)cc1OC. The van der Waals surface area contributed by atoms with Gasteiger partial charge in [-0.3, -0.25) is 0 Å². The lowest BCUT2D eigenvalue weighted by molar-refractivity contribution is -0.347. The smallest absolute Gasteiger partial charge is 0.331 e. The van der Waals surface area contributed by atoms with Crippen molar-refractivity contribution in [3.8, 4) is 11.5 Å². The molecule has 4 fully saturated rings. The maximum absolute atomic E-state index is 12.8. The van der Waals surface area contributed by atoms with Gasteiger partial charge in [-0.25, -0.2) is 4.79 Å². The molecule has 49 heavy (non-hydrogen) atoms. The predicted molar refractivity (Wildman–Crippen MR) is 160 cm³/mol. The fourth-order valence-corrected chi connectivity index (χ4v) is 7.01. The molecule has 6 rings (SSSR count). The van der Waals surface area contributed by atoms with Gasteiger partial charge in [0.15, 0.2) is 30.2 Å². The van der Waals surface area contributed by atoms with Crippen LogP contribution in [0.3, 0.4) is 0 Å². The van der Waals surface area contributed by atoms with E-state index in [1.54, 1.807) is 24.3 Å². The van der Waals surface area contributed by atoms with E-state index in [1.165, 1.54) is 33.5 Å². The summed E-state index contributed by atoms with van der Waals surface area (Å²) in [5.74, 6) is -1.23. The van der Waals surface area contributed by atoms with E-state index >= 15 is 0 Å². The highest BCUT2D eigenvalue weighted by atomic mass is 16.8. The first-order valence-electron chi connectivity index (χ1n) is 15.8. The van der Waals surface area contributed by atoms with Crippen LogP contribution in [-0.2, 0) is 38.0 Å². The van der Waals surface area contributed by atoms with Crippen LogP contribution >= 0.6 is 0 Å². The first kappa shape index (κ1) is 35.9. The van der Waals surface area contributed by atoms with Crippen LogP contribution in [0.1, 0.15) is 12.5 Å². The molecular formula is C32H42O17. The van der Waals surface area contributed by atoms with Crippen molar-refractivity contribution < 1.29 is 83.2 Å². The number of carbonyl (C=O) groups excluding carboxylic acids is 1. The summed E-state index contributed by atoms with van der Waals surface area (Å²) in [6.45, 7) is 0.376. The quantitative estimate of drug-likeness (QED) is 0.0720. The predicted octanol–water partition coefficient (Wildman–Crippen LogP) is -2.46. The maximum Gasteiger partial charge on any atom is 0.331 e. The van der Waals surface area contributed by atoms with Gasteiger partial charge in [0.1, 0.15) is 48.3 Å². The van der Waals surface area contributed by atoms with Gasteiger partial charge < -0.3 is 78.4 Å². The molecule has 0 radical (unpaired) electrons.